The van der Waals surface area contributed by atoms with Crippen LogP contribution in [-0.4, -0.2) is 70.0 Å². The third-order valence-electron chi connectivity index (χ3n) is 9.33. The van der Waals surface area contributed by atoms with Gasteiger partial charge in [-0.3, -0.25) is 4.79 Å². The molecule has 1 saturated carbocycles. The van der Waals surface area contributed by atoms with E-state index < -0.39 is 36.6 Å². The molecular formula is C37H43N3O7. The molecule has 0 spiro atoms. The highest BCUT2D eigenvalue weighted by atomic mass is 16.7. The average Bonchev–Trinajstić information content (AvgIpc) is 3.60. The molecule has 6 rings (SSSR count). The molecule has 1 aliphatic heterocycles. The molecular weight excluding hydrogens is 598 g/mol. The molecule has 2 aliphatic rings. The molecule has 2 fully saturated rings. The Balaban J connectivity index is 1.29. The van der Waals surface area contributed by atoms with Gasteiger partial charge >= 0.3 is 5.97 Å². The summed E-state index contributed by atoms with van der Waals surface area (Å²) in [5.41, 5.74) is 3.64. The number of carbonyl (C=O) groups is 1. The number of hydrogen-bond donors (Lipinski definition) is 1. The van der Waals surface area contributed by atoms with Crippen molar-refractivity contribution in [2.75, 3.05) is 7.11 Å². The monoisotopic (exact) mass is 641 g/mol. The van der Waals surface area contributed by atoms with Crippen LogP contribution in [0, 0.1) is 11.8 Å². The molecule has 3 aromatic carbocycles. The highest BCUT2D eigenvalue weighted by molar-refractivity contribution is 5.72. The summed E-state index contributed by atoms with van der Waals surface area (Å²) in [6.45, 7) is 4.82. The molecule has 1 saturated heterocycles. The van der Waals surface area contributed by atoms with Crippen LogP contribution < -0.4 is 0 Å². The first-order chi connectivity index (χ1) is 22.9. The zero-order chi connectivity index (χ0) is 32.8. The Kier molecular flexibility index (Phi) is 10.7. The molecule has 0 bridgehead atoms. The SMILES string of the molecule is COC(=O)C1CC(n2cc(-c3ccccc3)nn2)[C@@H](O[C@@H]2OC(C)[C@@H](C)[C@H](OCc3ccccc3)C2OCc2ccccc2)[C@H](O)C1. The fourth-order valence-corrected chi connectivity index (χ4v) is 6.53. The van der Waals surface area contributed by atoms with Gasteiger partial charge in [-0.1, -0.05) is 103 Å². The standard InChI is InChI=1S/C37H43N3O7/c1-24-25(2)46-37(35(45-23-27-15-9-5-10-16-27)33(24)44-22-26-13-7-4-8-14-26)47-34-31(19-29(20-32(34)41)36(42)43-3)40-21-30(38-39-40)28-17-11-6-12-18-28/h4-18,21,24-25,29,31-35,37,41H,19-20,22-23H2,1-3H3/t24-,25?,29?,31?,32-,33+,34-,35?,37+/m1/s1. The van der Waals surface area contributed by atoms with Crippen molar-refractivity contribution in [1.82, 2.24) is 15.0 Å². The van der Waals surface area contributed by atoms with Crippen LogP contribution >= 0.6 is 0 Å². The fourth-order valence-electron chi connectivity index (χ4n) is 6.53. The number of ether oxygens (including phenoxy) is 5. The van der Waals surface area contributed by atoms with Crippen molar-refractivity contribution in [2.45, 2.75) is 82.8 Å². The lowest BCUT2D eigenvalue weighted by Gasteiger charge is -2.47. The predicted octanol–water partition coefficient (Wildman–Crippen LogP) is 5.37. The summed E-state index contributed by atoms with van der Waals surface area (Å²) >= 11 is 0. The molecule has 2 heterocycles. The van der Waals surface area contributed by atoms with E-state index in [0.717, 1.165) is 16.7 Å². The first-order valence-electron chi connectivity index (χ1n) is 16.3. The summed E-state index contributed by atoms with van der Waals surface area (Å²) in [6.07, 6.45) is -1.55. The van der Waals surface area contributed by atoms with Crippen LogP contribution in [0.2, 0.25) is 0 Å². The maximum Gasteiger partial charge on any atom is 0.308 e. The molecule has 1 aliphatic carbocycles. The lowest BCUT2D eigenvalue weighted by molar-refractivity contribution is -0.323. The predicted molar refractivity (Wildman–Crippen MR) is 174 cm³/mol. The second-order valence-corrected chi connectivity index (χ2v) is 12.5. The number of benzene rings is 3. The number of aliphatic hydroxyl groups is 1. The van der Waals surface area contributed by atoms with Gasteiger partial charge in [-0.25, -0.2) is 4.68 Å². The Morgan fingerprint density at radius 2 is 1.45 bits per heavy atom. The number of rotatable bonds is 11. The Bertz CT molecular complexity index is 1550. The quantitative estimate of drug-likeness (QED) is 0.216. The van der Waals surface area contributed by atoms with Crippen LogP contribution in [0.4, 0.5) is 0 Å². The van der Waals surface area contributed by atoms with Crippen molar-refractivity contribution in [1.29, 1.82) is 0 Å². The van der Waals surface area contributed by atoms with Crippen LogP contribution in [0.1, 0.15) is 43.9 Å². The molecule has 248 valence electrons. The second kappa shape index (κ2) is 15.3. The van der Waals surface area contributed by atoms with Crippen LogP contribution in [0.15, 0.2) is 97.2 Å². The fraction of sp³-hybridized carbons (Fsp3) is 0.432. The van der Waals surface area contributed by atoms with Crippen LogP contribution in [0.25, 0.3) is 11.3 Å². The van der Waals surface area contributed by atoms with Crippen molar-refractivity contribution >= 4 is 5.97 Å². The normalized spacial score (nSPS) is 29.3. The number of nitrogens with zero attached hydrogens (tertiary/aromatic N) is 3. The van der Waals surface area contributed by atoms with E-state index in [4.69, 9.17) is 23.7 Å². The number of esters is 1. The summed E-state index contributed by atoms with van der Waals surface area (Å²) in [5, 5.41) is 20.4. The van der Waals surface area contributed by atoms with Crippen LogP contribution in [0.3, 0.4) is 0 Å². The zero-order valence-corrected chi connectivity index (χ0v) is 27.0. The molecule has 0 amide bonds. The highest BCUT2D eigenvalue weighted by Gasteiger charge is 2.49. The van der Waals surface area contributed by atoms with E-state index in [-0.39, 0.29) is 30.5 Å². The third kappa shape index (κ3) is 7.80. The van der Waals surface area contributed by atoms with Crippen molar-refractivity contribution in [3.05, 3.63) is 108 Å². The van der Waals surface area contributed by atoms with Crippen molar-refractivity contribution < 1.29 is 33.6 Å². The van der Waals surface area contributed by atoms with Gasteiger partial charge in [-0.15, -0.1) is 5.10 Å². The maximum absolute atomic E-state index is 12.7. The summed E-state index contributed by atoms with van der Waals surface area (Å²) in [4.78, 5) is 12.7. The van der Waals surface area contributed by atoms with Crippen molar-refractivity contribution in [2.24, 2.45) is 11.8 Å². The van der Waals surface area contributed by atoms with E-state index in [2.05, 4.69) is 17.2 Å². The van der Waals surface area contributed by atoms with Crippen LogP contribution in [0.5, 0.6) is 0 Å². The molecule has 10 heteroatoms. The molecule has 4 aromatic rings. The van der Waals surface area contributed by atoms with E-state index in [9.17, 15) is 9.90 Å². The molecule has 1 N–H and O–H groups in total. The molecule has 9 atom stereocenters. The summed E-state index contributed by atoms with van der Waals surface area (Å²) in [6, 6.07) is 29.1. The second-order valence-electron chi connectivity index (χ2n) is 12.5. The minimum atomic E-state index is -1.01. The largest absolute Gasteiger partial charge is 0.469 e. The minimum absolute atomic E-state index is 0.0149. The number of aliphatic hydroxyl groups excluding tert-OH is 1. The molecule has 47 heavy (non-hydrogen) atoms. The Morgan fingerprint density at radius 3 is 2.06 bits per heavy atom. The first-order valence-corrected chi connectivity index (χ1v) is 16.3. The van der Waals surface area contributed by atoms with Crippen molar-refractivity contribution in [3.8, 4) is 11.3 Å². The van der Waals surface area contributed by atoms with Gasteiger partial charge in [-0.05, 0) is 30.9 Å². The summed E-state index contributed by atoms with van der Waals surface area (Å²) in [7, 11) is 1.36. The Morgan fingerprint density at radius 1 is 0.851 bits per heavy atom. The molecule has 1 aromatic heterocycles. The lowest BCUT2D eigenvalue weighted by Crippen LogP contribution is -2.58. The Hall–Kier alpha value is -3.93. The van der Waals surface area contributed by atoms with Gasteiger partial charge < -0.3 is 28.8 Å². The van der Waals surface area contributed by atoms with Gasteiger partial charge in [0.05, 0.1) is 56.8 Å². The van der Waals surface area contributed by atoms with E-state index in [1.54, 1.807) is 4.68 Å². The number of carbonyl (C=O) groups excluding carboxylic acids is 1. The van der Waals surface area contributed by atoms with Crippen LogP contribution in [-0.2, 0) is 41.7 Å². The zero-order valence-electron chi connectivity index (χ0n) is 27.0. The van der Waals surface area contributed by atoms with Gasteiger partial charge in [0.2, 0.25) is 0 Å². The van der Waals surface area contributed by atoms with Crippen molar-refractivity contribution in [3.63, 3.8) is 0 Å². The topological polar surface area (TPSA) is 114 Å². The van der Waals surface area contributed by atoms with E-state index in [1.807, 2.05) is 104 Å². The van der Waals surface area contributed by atoms with Gasteiger partial charge in [0.1, 0.15) is 17.9 Å². The molecule has 10 nitrogen and oxygen atoms in total. The van der Waals surface area contributed by atoms with Gasteiger partial charge in [0.15, 0.2) is 6.29 Å². The smallest absolute Gasteiger partial charge is 0.308 e. The van der Waals surface area contributed by atoms with E-state index in [1.165, 1.54) is 7.11 Å². The molecule has 0 radical (unpaired) electrons. The van der Waals surface area contributed by atoms with Gasteiger partial charge in [0.25, 0.3) is 0 Å². The first kappa shape index (κ1) is 33.0. The third-order valence-corrected chi connectivity index (χ3v) is 9.33. The maximum atomic E-state index is 12.7. The van der Waals surface area contributed by atoms with Gasteiger partial charge in [0, 0.05) is 11.5 Å². The van der Waals surface area contributed by atoms with E-state index in [0.29, 0.717) is 25.3 Å². The summed E-state index contributed by atoms with van der Waals surface area (Å²) < 4.78 is 33.2. The lowest BCUT2D eigenvalue weighted by atomic mass is 9.81. The average molecular weight is 642 g/mol. The Labute approximate surface area is 275 Å². The summed E-state index contributed by atoms with van der Waals surface area (Å²) in [5.74, 6) is -0.938. The highest BCUT2D eigenvalue weighted by Crippen LogP contribution is 2.39. The number of aromatic nitrogens is 3. The minimum Gasteiger partial charge on any atom is -0.469 e. The number of hydrogen-bond acceptors (Lipinski definition) is 9. The van der Waals surface area contributed by atoms with E-state index >= 15 is 0 Å². The van der Waals surface area contributed by atoms with Gasteiger partial charge in [-0.2, -0.15) is 0 Å². The molecule has 4 unspecified atom stereocenters. The number of methoxy groups -OCH3 is 1.